The van der Waals surface area contributed by atoms with Crippen molar-refractivity contribution in [3.63, 3.8) is 0 Å². The number of rotatable bonds is 8. The van der Waals surface area contributed by atoms with Crippen molar-refractivity contribution < 1.29 is 9.53 Å². The Balaban J connectivity index is 2.02. The maximum atomic E-state index is 11.5. The van der Waals surface area contributed by atoms with E-state index in [0.717, 1.165) is 32.5 Å². The van der Waals surface area contributed by atoms with Gasteiger partial charge in [-0.25, -0.2) is 4.79 Å². The van der Waals surface area contributed by atoms with Gasteiger partial charge in [0, 0.05) is 19.1 Å². The molecular weight excluding hydrogens is 260 g/mol. The Morgan fingerprint density at radius 3 is 2.68 bits per heavy atom. The van der Waals surface area contributed by atoms with Gasteiger partial charge >= 0.3 is 6.09 Å². The van der Waals surface area contributed by atoms with Crippen LogP contribution in [0.5, 0.6) is 0 Å². The molecule has 1 aliphatic rings. The molecule has 0 radical (unpaired) electrons. The fraction of sp³-hybridized carbons (Fsp3) is 0.929. The Bertz CT molecular complexity index is 244. The number of thioether (sulfide) groups is 1. The molecule has 1 heterocycles. The fourth-order valence-corrected chi connectivity index (χ4v) is 2.83. The van der Waals surface area contributed by atoms with Crippen LogP contribution in [0.15, 0.2) is 0 Å². The monoisotopic (exact) mass is 288 g/mol. The molecule has 0 atom stereocenters. The van der Waals surface area contributed by atoms with Gasteiger partial charge in [-0.2, -0.15) is 11.8 Å². The van der Waals surface area contributed by atoms with Crippen LogP contribution in [0.4, 0.5) is 4.79 Å². The Morgan fingerprint density at radius 1 is 1.32 bits per heavy atom. The van der Waals surface area contributed by atoms with E-state index in [1.54, 1.807) is 0 Å². The molecule has 5 heteroatoms. The molecule has 0 spiro atoms. The second kappa shape index (κ2) is 10.4. The van der Waals surface area contributed by atoms with Crippen LogP contribution < -0.4 is 5.32 Å². The summed E-state index contributed by atoms with van der Waals surface area (Å²) in [6, 6.07) is 0.575. The third-order valence-electron chi connectivity index (χ3n) is 3.48. The van der Waals surface area contributed by atoms with Gasteiger partial charge in [-0.1, -0.05) is 6.42 Å². The van der Waals surface area contributed by atoms with Crippen molar-refractivity contribution in [1.82, 2.24) is 10.2 Å². The number of hydrogen-bond acceptors (Lipinski definition) is 4. The minimum Gasteiger partial charge on any atom is -0.450 e. The van der Waals surface area contributed by atoms with E-state index in [4.69, 9.17) is 4.74 Å². The second-order valence-corrected chi connectivity index (χ2v) is 5.95. The maximum absolute atomic E-state index is 11.5. The quantitative estimate of drug-likeness (QED) is 0.697. The number of unbranched alkanes of at least 4 members (excludes halogenated alkanes) is 2. The lowest BCUT2D eigenvalue weighted by Crippen LogP contribution is -2.45. The molecule has 0 aliphatic carbocycles. The molecule has 0 saturated carbocycles. The molecule has 0 aromatic carbocycles. The lowest BCUT2D eigenvalue weighted by molar-refractivity contribution is 0.0951. The number of ether oxygens (including phenoxy) is 1. The molecular formula is C14H28N2O2S. The highest BCUT2D eigenvalue weighted by atomic mass is 32.2. The number of likely N-dealkylation sites (tertiary alicyclic amines) is 1. The Hall–Kier alpha value is -0.420. The molecule has 1 N–H and O–H groups in total. The molecule has 1 amide bonds. The van der Waals surface area contributed by atoms with Crippen molar-refractivity contribution in [3.05, 3.63) is 0 Å². The third kappa shape index (κ3) is 7.06. The Labute approximate surface area is 121 Å². The van der Waals surface area contributed by atoms with Crippen LogP contribution in [0.3, 0.4) is 0 Å². The van der Waals surface area contributed by atoms with Crippen LogP contribution in [-0.2, 0) is 4.74 Å². The number of nitrogens with zero attached hydrogens (tertiary/aromatic N) is 1. The number of amides is 1. The van der Waals surface area contributed by atoms with Gasteiger partial charge < -0.3 is 15.0 Å². The van der Waals surface area contributed by atoms with Gasteiger partial charge in [-0.15, -0.1) is 0 Å². The Kier molecular flexibility index (Phi) is 9.08. The summed E-state index contributed by atoms with van der Waals surface area (Å²) in [6.45, 7) is 5.07. The predicted octanol–water partition coefficient (Wildman–Crippen LogP) is 2.73. The van der Waals surface area contributed by atoms with E-state index in [-0.39, 0.29) is 6.09 Å². The van der Waals surface area contributed by atoms with Crippen molar-refractivity contribution >= 4 is 17.9 Å². The molecule has 0 unspecified atom stereocenters. The SMILES string of the molecule is CCOC(=O)N1CCC(NCCCCCSC)CC1. The van der Waals surface area contributed by atoms with Gasteiger partial charge in [-0.3, -0.25) is 0 Å². The van der Waals surface area contributed by atoms with E-state index in [1.807, 2.05) is 23.6 Å². The second-order valence-electron chi connectivity index (χ2n) is 4.97. The summed E-state index contributed by atoms with van der Waals surface area (Å²) in [7, 11) is 0. The minimum absolute atomic E-state index is 0.155. The van der Waals surface area contributed by atoms with Gasteiger partial charge in [0.05, 0.1) is 6.61 Å². The molecule has 0 aromatic heterocycles. The van der Waals surface area contributed by atoms with Crippen molar-refractivity contribution in [3.8, 4) is 0 Å². The standard InChI is InChI=1S/C14H28N2O2S/c1-3-18-14(17)16-10-7-13(8-11-16)15-9-5-4-6-12-19-2/h13,15H,3-12H2,1-2H3. The van der Waals surface area contributed by atoms with Gasteiger partial charge in [0.25, 0.3) is 0 Å². The van der Waals surface area contributed by atoms with Crippen LogP contribution >= 0.6 is 11.8 Å². The molecule has 1 saturated heterocycles. The highest BCUT2D eigenvalue weighted by molar-refractivity contribution is 7.98. The average Bonchev–Trinajstić information content (AvgIpc) is 2.43. The lowest BCUT2D eigenvalue weighted by Gasteiger charge is -2.31. The van der Waals surface area contributed by atoms with E-state index in [9.17, 15) is 4.79 Å². The van der Waals surface area contributed by atoms with Crippen LogP contribution in [-0.4, -0.2) is 55.3 Å². The molecule has 1 aliphatic heterocycles. The van der Waals surface area contributed by atoms with Crippen LogP contribution in [0.2, 0.25) is 0 Å². The van der Waals surface area contributed by atoms with E-state index < -0.39 is 0 Å². The first-order valence-electron chi connectivity index (χ1n) is 7.42. The fourth-order valence-electron chi connectivity index (χ4n) is 2.34. The normalized spacial score (nSPS) is 16.6. The van der Waals surface area contributed by atoms with Crippen molar-refractivity contribution in [2.24, 2.45) is 0 Å². The molecule has 1 fully saturated rings. The first kappa shape index (κ1) is 16.6. The molecule has 112 valence electrons. The van der Waals surface area contributed by atoms with Gasteiger partial charge in [0.2, 0.25) is 0 Å². The van der Waals surface area contributed by atoms with Crippen molar-refractivity contribution in [2.75, 3.05) is 38.2 Å². The molecule has 0 bridgehead atoms. The summed E-state index contributed by atoms with van der Waals surface area (Å²) in [5.41, 5.74) is 0. The Morgan fingerprint density at radius 2 is 2.05 bits per heavy atom. The number of carbonyl (C=O) groups is 1. The number of hydrogen-bond donors (Lipinski definition) is 1. The predicted molar refractivity (Wildman–Crippen MR) is 81.9 cm³/mol. The maximum Gasteiger partial charge on any atom is 0.409 e. The molecule has 4 nitrogen and oxygen atoms in total. The average molecular weight is 288 g/mol. The van der Waals surface area contributed by atoms with E-state index in [2.05, 4.69) is 11.6 Å². The van der Waals surface area contributed by atoms with Gasteiger partial charge in [0.1, 0.15) is 0 Å². The highest BCUT2D eigenvalue weighted by Gasteiger charge is 2.22. The van der Waals surface area contributed by atoms with E-state index >= 15 is 0 Å². The summed E-state index contributed by atoms with van der Waals surface area (Å²) in [5.74, 6) is 1.28. The summed E-state index contributed by atoms with van der Waals surface area (Å²) < 4.78 is 5.02. The molecule has 1 rings (SSSR count). The zero-order valence-electron chi connectivity index (χ0n) is 12.3. The van der Waals surface area contributed by atoms with Crippen molar-refractivity contribution in [2.45, 2.75) is 45.1 Å². The number of carbonyl (C=O) groups excluding carboxylic acids is 1. The first-order valence-corrected chi connectivity index (χ1v) is 8.81. The topological polar surface area (TPSA) is 41.6 Å². The summed E-state index contributed by atoms with van der Waals surface area (Å²) >= 11 is 1.92. The van der Waals surface area contributed by atoms with Crippen molar-refractivity contribution in [1.29, 1.82) is 0 Å². The van der Waals surface area contributed by atoms with Gasteiger partial charge in [0.15, 0.2) is 0 Å². The zero-order chi connectivity index (χ0) is 13.9. The van der Waals surface area contributed by atoms with E-state index in [1.165, 1.54) is 25.0 Å². The van der Waals surface area contributed by atoms with Gasteiger partial charge in [-0.05, 0) is 51.2 Å². The lowest BCUT2D eigenvalue weighted by atomic mass is 10.1. The first-order chi connectivity index (χ1) is 9.27. The highest BCUT2D eigenvalue weighted by Crippen LogP contribution is 2.11. The van der Waals surface area contributed by atoms with Crippen LogP contribution in [0.1, 0.15) is 39.0 Å². The summed E-state index contributed by atoms with van der Waals surface area (Å²) in [5, 5.41) is 3.60. The number of piperidine rings is 1. The van der Waals surface area contributed by atoms with Crippen LogP contribution in [0, 0.1) is 0 Å². The molecule has 19 heavy (non-hydrogen) atoms. The summed E-state index contributed by atoms with van der Waals surface area (Å²) in [6.07, 6.45) is 8.00. The zero-order valence-corrected chi connectivity index (χ0v) is 13.1. The van der Waals surface area contributed by atoms with E-state index in [0.29, 0.717) is 12.6 Å². The third-order valence-corrected chi connectivity index (χ3v) is 4.18. The van der Waals surface area contributed by atoms with Crippen LogP contribution in [0.25, 0.3) is 0 Å². The molecule has 0 aromatic rings. The minimum atomic E-state index is -0.155. The summed E-state index contributed by atoms with van der Waals surface area (Å²) in [4.78, 5) is 13.4. The largest absolute Gasteiger partial charge is 0.450 e. The smallest absolute Gasteiger partial charge is 0.409 e. The number of nitrogens with one attached hydrogen (secondary N) is 1.